The summed E-state index contributed by atoms with van der Waals surface area (Å²) in [6.45, 7) is 3.50. The van der Waals surface area contributed by atoms with Gasteiger partial charge in [-0.3, -0.25) is 4.79 Å². The van der Waals surface area contributed by atoms with E-state index < -0.39 is 23.0 Å². The summed E-state index contributed by atoms with van der Waals surface area (Å²) < 4.78 is 0. The molecular weight excluding hydrogens is 360 g/mol. The summed E-state index contributed by atoms with van der Waals surface area (Å²) in [5.74, 6) is -6.39. The number of piperidine rings is 1. The van der Waals surface area contributed by atoms with E-state index in [-0.39, 0.29) is 19.0 Å². The highest BCUT2D eigenvalue weighted by Crippen LogP contribution is 2.47. The summed E-state index contributed by atoms with van der Waals surface area (Å²) in [4.78, 5) is 13.8. The molecule has 1 saturated heterocycles. The lowest BCUT2D eigenvalue weighted by Gasteiger charge is -2.48. The molecular formula is C18H25ClN2O5. The van der Waals surface area contributed by atoms with E-state index in [0.29, 0.717) is 30.0 Å². The molecule has 1 spiro atoms. The van der Waals surface area contributed by atoms with Crippen molar-refractivity contribution in [2.24, 2.45) is 5.92 Å². The third-order valence-electron chi connectivity index (χ3n) is 6.03. The molecule has 26 heavy (non-hydrogen) atoms. The summed E-state index contributed by atoms with van der Waals surface area (Å²) in [5, 5.41) is 44.9. The molecule has 2 heterocycles. The quantitative estimate of drug-likeness (QED) is 0.495. The Morgan fingerprint density at radius 3 is 2.46 bits per heavy atom. The lowest BCUT2D eigenvalue weighted by Crippen LogP contribution is -2.69. The molecule has 0 bridgehead atoms. The molecule has 7 nitrogen and oxygen atoms in total. The summed E-state index contributed by atoms with van der Waals surface area (Å²) in [5.41, 5.74) is 0.722. The highest BCUT2D eigenvalue weighted by molar-refractivity contribution is 6.31. The number of anilines is 1. The molecule has 144 valence electrons. The Hall–Kier alpha value is -1.22. The number of halogens is 1. The van der Waals surface area contributed by atoms with Crippen molar-refractivity contribution in [3.8, 4) is 0 Å². The zero-order chi connectivity index (χ0) is 19.3. The van der Waals surface area contributed by atoms with Gasteiger partial charge in [0.25, 0.3) is 5.91 Å². The molecule has 1 aromatic carbocycles. The minimum Gasteiger partial charge on any atom is -0.360 e. The van der Waals surface area contributed by atoms with Crippen LogP contribution in [0.25, 0.3) is 0 Å². The van der Waals surface area contributed by atoms with E-state index in [1.165, 1.54) is 11.8 Å². The van der Waals surface area contributed by atoms with Crippen LogP contribution >= 0.6 is 11.6 Å². The van der Waals surface area contributed by atoms with Crippen LogP contribution in [0.1, 0.15) is 38.7 Å². The molecule has 1 aromatic rings. The third kappa shape index (κ3) is 2.74. The molecule has 2 aliphatic rings. The van der Waals surface area contributed by atoms with E-state index in [1.54, 1.807) is 25.1 Å². The topological polar surface area (TPSA) is 113 Å². The van der Waals surface area contributed by atoms with Crippen molar-refractivity contribution in [1.29, 1.82) is 0 Å². The van der Waals surface area contributed by atoms with Crippen molar-refractivity contribution >= 4 is 23.2 Å². The number of benzene rings is 1. The first-order chi connectivity index (χ1) is 12.1. The number of aliphatic hydroxyl groups is 4. The van der Waals surface area contributed by atoms with Gasteiger partial charge in [-0.15, -0.1) is 0 Å². The van der Waals surface area contributed by atoms with E-state index in [4.69, 9.17) is 11.6 Å². The van der Waals surface area contributed by atoms with Crippen LogP contribution in [0.4, 0.5) is 5.69 Å². The smallest absolute Gasteiger partial charge is 0.282 e. The summed E-state index contributed by atoms with van der Waals surface area (Å²) >= 11 is 6.09. The van der Waals surface area contributed by atoms with Gasteiger partial charge in [0.1, 0.15) is 0 Å². The fraction of sp³-hybridized carbons (Fsp3) is 0.611. The molecule has 0 saturated carbocycles. The number of hydrogen-bond donors (Lipinski definition) is 5. The van der Waals surface area contributed by atoms with Crippen molar-refractivity contribution in [3.05, 3.63) is 28.8 Å². The molecule has 0 radical (unpaired) electrons. The maximum atomic E-state index is 12.6. The zero-order valence-corrected chi connectivity index (χ0v) is 15.6. The van der Waals surface area contributed by atoms with Gasteiger partial charge in [0.15, 0.2) is 0 Å². The predicted molar refractivity (Wildman–Crippen MR) is 96.4 cm³/mol. The molecule has 0 aliphatic carbocycles. The number of carbonyl (C=O) groups is 1. The first-order valence-corrected chi connectivity index (χ1v) is 9.20. The van der Waals surface area contributed by atoms with Crippen LogP contribution in [-0.2, 0) is 10.2 Å². The lowest BCUT2D eigenvalue weighted by molar-refractivity contribution is -0.428. The van der Waals surface area contributed by atoms with Crippen molar-refractivity contribution in [2.45, 2.75) is 50.2 Å². The van der Waals surface area contributed by atoms with Crippen molar-refractivity contribution in [1.82, 2.24) is 4.90 Å². The maximum Gasteiger partial charge on any atom is 0.282 e. The second-order valence-corrected chi connectivity index (χ2v) is 7.82. The van der Waals surface area contributed by atoms with Crippen LogP contribution in [-0.4, -0.2) is 56.0 Å². The predicted octanol–water partition coefficient (Wildman–Crippen LogP) is 0.991. The van der Waals surface area contributed by atoms with E-state index in [0.717, 1.165) is 5.56 Å². The Morgan fingerprint density at radius 1 is 1.27 bits per heavy atom. The van der Waals surface area contributed by atoms with Gasteiger partial charge in [0.05, 0.1) is 5.41 Å². The van der Waals surface area contributed by atoms with Gasteiger partial charge < -0.3 is 25.7 Å². The number of nitrogens with one attached hydrogen (secondary N) is 1. The number of amides is 1. The molecule has 1 fully saturated rings. The van der Waals surface area contributed by atoms with Gasteiger partial charge >= 0.3 is 0 Å². The zero-order valence-electron chi connectivity index (χ0n) is 14.9. The molecule has 1 unspecified atom stereocenters. The fourth-order valence-corrected chi connectivity index (χ4v) is 4.10. The van der Waals surface area contributed by atoms with Gasteiger partial charge in [0, 0.05) is 29.7 Å². The van der Waals surface area contributed by atoms with Gasteiger partial charge in [-0.25, -0.2) is 4.90 Å². The molecule has 5 N–H and O–H groups in total. The number of carbonyl (C=O) groups excluding carboxylic acids is 1. The third-order valence-corrected chi connectivity index (χ3v) is 6.27. The minimum absolute atomic E-state index is 0.117. The minimum atomic E-state index is -2.81. The highest BCUT2D eigenvalue weighted by Gasteiger charge is 2.58. The number of likely N-dealkylation sites (tertiary alicyclic amines) is 1. The molecule has 3 rings (SSSR count). The first kappa shape index (κ1) is 19.5. The van der Waals surface area contributed by atoms with E-state index in [2.05, 4.69) is 5.32 Å². The van der Waals surface area contributed by atoms with Crippen molar-refractivity contribution < 1.29 is 25.2 Å². The van der Waals surface area contributed by atoms with E-state index in [9.17, 15) is 25.2 Å². The monoisotopic (exact) mass is 384 g/mol. The standard InChI is InChI=1S/C18H25ClN2O5/c1-3-11(2)17(23,24)18(25,26)21-8-6-16(7-9-21)13-10-12(19)4-5-14(13)20-15(16)22/h4-5,10-11,23-26H,3,6-9H2,1-2H3,(H,20,22). The van der Waals surface area contributed by atoms with Crippen LogP contribution < -0.4 is 5.32 Å². The van der Waals surface area contributed by atoms with Crippen molar-refractivity contribution in [2.75, 3.05) is 18.4 Å². The average molecular weight is 385 g/mol. The van der Waals surface area contributed by atoms with E-state index >= 15 is 0 Å². The largest absolute Gasteiger partial charge is 0.360 e. The summed E-state index contributed by atoms with van der Waals surface area (Å²) in [7, 11) is 0. The fourth-order valence-electron chi connectivity index (χ4n) is 3.93. The first-order valence-electron chi connectivity index (χ1n) is 8.82. The second-order valence-electron chi connectivity index (χ2n) is 7.38. The van der Waals surface area contributed by atoms with Gasteiger partial charge in [-0.2, -0.15) is 0 Å². The Labute approximate surface area is 157 Å². The van der Waals surface area contributed by atoms with Crippen LogP contribution in [0.15, 0.2) is 18.2 Å². The second kappa shape index (κ2) is 6.44. The Bertz CT molecular complexity index is 714. The number of hydrogen-bond acceptors (Lipinski definition) is 6. The molecule has 1 amide bonds. The number of rotatable bonds is 4. The summed E-state index contributed by atoms with van der Waals surface area (Å²) in [6.07, 6.45) is 0.985. The lowest BCUT2D eigenvalue weighted by atomic mass is 9.73. The Morgan fingerprint density at radius 2 is 1.88 bits per heavy atom. The van der Waals surface area contributed by atoms with Gasteiger partial charge in [-0.05, 0) is 43.0 Å². The van der Waals surface area contributed by atoms with E-state index in [1.807, 2.05) is 0 Å². The Kier molecular flexibility index (Phi) is 4.84. The van der Waals surface area contributed by atoms with Crippen LogP contribution in [0.5, 0.6) is 0 Å². The highest BCUT2D eigenvalue weighted by atomic mass is 35.5. The van der Waals surface area contributed by atoms with Gasteiger partial charge in [-0.1, -0.05) is 25.4 Å². The normalized spacial score (nSPS) is 21.6. The maximum absolute atomic E-state index is 12.6. The number of nitrogens with zero attached hydrogens (tertiary/aromatic N) is 1. The van der Waals surface area contributed by atoms with Crippen LogP contribution in [0, 0.1) is 5.92 Å². The van der Waals surface area contributed by atoms with Crippen LogP contribution in [0.3, 0.4) is 0 Å². The van der Waals surface area contributed by atoms with Gasteiger partial charge in [0.2, 0.25) is 11.7 Å². The Balaban J connectivity index is 1.84. The number of fused-ring (bicyclic) bond motifs is 2. The molecule has 2 aliphatic heterocycles. The average Bonchev–Trinajstić information content (AvgIpc) is 2.86. The molecule has 1 atom stereocenters. The van der Waals surface area contributed by atoms with Crippen LogP contribution in [0.2, 0.25) is 5.02 Å². The SMILES string of the molecule is CCC(C)C(O)(O)C(O)(O)N1CCC2(CC1)C(=O)Nc1ccc(Cl)cc12. The molecule has 0 aromatic heterocycles. The van der Waals surface area contributed by atoms with Crippen molar-refractivity contribution in [3.63, 3.8) is 0 Å². The summed E-state index contributed by atoms with van der Waals surface area (Å²) in [6, 6.07) is 5.23. The molecule has 8 heteroatoms.